The van der Waals surface area contributed by atoms with Crippen LogP contribution in [0.5, 0.6) is 0 Å². The lowest BCUT2D eigenvalue weighted by Crippen LogP contribution is -2.43. The Balaban J connectivity index is 1.88. The van der Waals surface area contributed by atoms with Gasteiger partial charge in [-0.15, -0.1) is 0 Å². The van der Waals surface area contributed by atoms with Gasteiger partial charge in [0.25, 0.3) is 5.91 Å². The van der Waals surface area contributed by atoms with Gasteiger partial charge in [0.15, 0.2) is 5.65 Å². The molecule has 0 bridgehead atoms. The fraction of sp³-hybridized carbons (Fsp3) is 0.375. The molecule has 4 heterocycles. The first kappa shape index (κ1) is 20.6. The molecule has 7 nitrogen and oxygen atoms in total. The van der Waals surface area contributed by atoms with Crippen LogP contribution in [-0.4, -0.2) is 45.4 Å². The Morgan fingerprint density at radius 2 is 2.03 bits per heavy atom. The van der Waals surface area contributed by atoms with Gasteiger partial charge in [0, 0.05) is 48.0 Å². The molecule has 1 atom stereocenters. The molecule has 1 aromatic carbocycles. The van der Waals surface area contributed by atoms with Crippen LogP contribution in [0.25, 0.3) is 27.7 Å². The molecule has 4 aromatic rings. The Morgan fingerprint density at radius 3 is 2.78 bits per heavy atom. The van der Waals surface area contributed by atoms with E-state index in [0.29, 0.717) is 27.9 Å². The highest BCUT2D eigenvalue weighted by Gasteiger charge is 2.24. The third kappa shape index (κ3) is 3.44. The van der Waals surface area contributed by atoms with Crippen LogP contribution in [0.1, 0.15) is 42.7 Å². The first-order valence-electron chi connectivity index (χ1n) is 11.1. The molecule has 32 heavy (non-hydrogen) atoms. The van der Waals surface area contributed by atoms with Gasteiger partial charge in [0.2, 0.25) is 0 Å². The van der Waals surface area contributed by atoms with Crippen molar-refractivity contribution >= 4 is 39.3 Å². The molecule has 0 spiro atoms. The summed E-state index contributed by atoms with van der Waals surface area (Å²) in [5.74, 6) is -0.580. The number of aromatic nitrogens is 3. The van der Waals surface area contributed by atoms with Crippen molar-refractivity contribution < 1.29 is 9.18 Å². The predicted octanol–water partition coefficient (Wildman–Crippen LogP) is 3.55. The maximum atomic E-state index is 14.2. The van der Waals surface area contributed by atoms with Crippen LogP contribution in [0.15, 0.2) is 30.3 Å². The number of anilines is 1. The summed E-state index contributed by atoms with van der Waals surface area (Å²) in [4.78, 5) is 24.9. The van der Waals surface area contributed by atoms with Gasteiger partial charge >= 0.3 is 0 Å². The van der Waals surface area contributed by atoms with E-state index >= 15 is 0 Å². The predicted molar refractivity (Wildman–Crippen MR) is 125 cm³/mol. The second-order valence-electron chi connectivity index (χ2n) is 8.96. The van der Waals surface area contributed by atoms with Gasteiger partial charge in [-0.25, -0.2) is 14.4 Å². The zero-order chi connectivity index (χ0) is 22.6. The monoisotopic (exact) mass is 434 g/mol. The van der Waals surface area contributed by atoms with E-state index in [4.69, 9.17) is 10.7 Å². The van der Waals surface area contributed by atoms with Crippen molar-refractivity contribution in [3.63, 3.8) is 0 Å². The molecule has 0 aliphatic carbocycles. The van der Waals surface area contributed by atoms with E-state index in [0.717, 1.165) is 42.7 Å². The fourth-order valence-corrected chi connectivity index (χ4v) is 4.61. The molecule has 3 aromatic heterocycles. The third-order valence-electron chi connectivity index (χ3n) is 5.97. The summed E-state index contributed by atoms with van der Waals surface area (Å²) in [7, 11) is 0. The van der Waals surface area contributed by atoms with Crippen molar-refractivity contribution in [2.75, 3.05) is 18.0 Å². The summed E-state index contributed by atoms with van der Waals surface area (Å²) in [6.45, 7) is 7.40. The summed E-state index contributed by atoms with van der Waals surface area (Å²) in [6.07, 6.45) is 2.00. The Hall–Kier alpha value is -3.26. The molecule has 1 amide bonds. The molecule has 0 radical (unpaired) electrons. The highest BCUT2D eigenvalue weighted by Crippen LogP contribution is 2.33. The van der Waals surface area contributed by atoms with Gasteiger partial charge in [-0.3, -0.25) is 9.20 Å². The summed E-state index contributed by atoms with van der Waals surface area (Å²) >= 11 is 0. The van der Waals surface area contributed by atoms with E-state index in [1.54, 1.807) is 6.07 Å². The average Bonchev–Trinajstić information content (AvgIpc) is 3.11. The van der Waals surface area contributed by atoms with Crippen LogP contribution in [0.3, 0.4) is 0 Å². The Labute approximate surface area is 185 Å². The number of carbonyl (C=O) groups is 1. The summed E-state index contributed by atoms with van der Waals surface area (Å²) in [5.41, 5.74) is 10.9. The van der Waals surface area contributed by atoms with Crippen LogP contribution in [-0.2, 0) is 0 Å². The zero-order valence-electron chi connectivity index (χ0n) is 18.5. The number of nitrogens with one attached hydrogen (secondary N) is 1. The molecule has 1 aliphatic rings. The Bertz CT molecular complexity index is 1360. The zero-order valence-corrected chi connectivity index (χ0v) is 18.5. The first-order chi connectivity index (χ1) is 15.3. The quantitative estimate of drug-likeness (QED) is 0.515. The van der Waals surface area contributed by atoms with Crippen molar-refractivity contribution in [2.24, 2.45) is 5.73 Å². The van der Waals surface area contributed by atoms with E-state index in [1.807, 2.05) is 37.3 Å². The SMILES string of the molecule is Cc1cc(N2CCC[C@@H](N)C2)c2cc(C(=O)NC(C)C)c3nc4ccc(F)cc4n3c2n1. The number of fused-ring (bicyclic) bond motifs is 5. The van der Waals surface area contributed by atoms with Gasteiger partial charge in [0.05, 0.1) is 16.6 Å². The number of carbonyl (C=O) groups excluding carboxylic acids is 1. The largest absolute Gasteiger partial charge is 0.369 e. The smallest absolute Gasteiger partial charge is 0.255 e. The lowest BCUT2D eigenvalue weighted by molar-refractivity contribution is 0.0944. The number of halogens is 1. The third-order valence-corrected chi connectivity index (χ3v) is 5.97. The molecule has 1 fully saturated rings. The second kappa shape index (κ2) is 7.70. The number of hydrogen-bond acceptors (Lipinski definition) is 5. The van der Waals surface area contributed by atoms with E-state index in [1.165, 1.54) is 12.1 Å². The summed E-state index contributed by atoms with van der Waals surface area (Å²) < 4.78 is 16.0. The number of nitrogens with two attached hydrogens (primary N) is 1. The Morgan fingerprint density at radius 1 is 1.22 bits per heavy atom. The molecule has 0 unspecified atom stereocenters. The van der Waals surface area contributed by atoms with Gasteiger partial charge in [-0.1, -0.05) is 0 Å². The Kier molecular flexibility index (Phi) is 4.97. The van der Waals surface area contributed by atoms with Crippen LogP contribution in [0.4, 0.5) is 10.1 Å². The number of nitrogens with zero attached hydrogens (tertiary/aromatic N) is 4. The normalized spacial score (nSPS) is 17.1. The highest BCUT2D eigenvalue weighted by molar-refractivity contribution is 6.07. The number of imidazole rings is 1. The molecule has 8 heteroatoms. The summed E-state index contributed by atoms with van der Waals surface area (Å²) in [5, 5.41) is 3.80. The highest BCUT2D eigenvalue weighted by atomic mass is 19.1. The van der Waals surface area contributed by atoms with Crippen molar-refractivity contribution in [3.8, 4) is 0 Å². The van der Waals surface area contributed by atoms with E-state index in [-0.39, 0.29) is 23.8 Å². The van der Waals surface area contributed by atoms with Crippen LogP contribution in [0.2, 0.25) is 0 Å². The summed E-state index contributed by atoms with van der Waals surface area (Å²) in [6, 6.07) is 8.43. The fourth-order valence-electron chi connectivity index (χ4n) is 4.61. The molecule has 5 rings (SSSR count). The lowest BCUT2D eigenvalue weighted by atomic mass is 10.0. The molecule has 166 valence electrons. The van der Waals surface area contributed by atoms with Crippen molar-refractivity contribution in [3.05, 3.63) is 47.4 Å². The van der Waals surface area contributed by atoms with Gasteiger partial charge in [-0.05, 0) is 57.9 Å². The lowest BCUT2D eigenvalue weighted by Gasteiger charge is -2.33. The minimum Gasteiger partial charge on any atom is -0.369 e. The minimum atomic E-state index is -0.362. The molecule has 3 N–H and O–H groups in total. The van der Waals surface area contributed by atoms with Crippen LogP contribution >= 0.6 is 0 Å². The number of rotatable bonds is 3. The minimum absolute atomic E-state index is 0.0317. The number of hydrogen-bond donors (Lipinski definition) is 2. The van der Waals surface area contributed by atoms with Gasteiger partial charge < -0.3 is 16.0 Å². The van der Waals surface area contributed by atoms with Gasteiger partial charge in [-0.2, -0.15) is 0 Å². The van der Waals surface area contributed by atoms with Crippen molar-refractivity contribution in [2.45, 2.75) is 45.7 Å². The number of aryl methyl sites for hydroxylation is 1. The first-order valence-corrected chi connectivity index (χ1v) is 11.1. The molecular formula is C24H27FN6O. The van der Waals surface area contributed by atoms with E-state index < -0.39 is 0 Å². The molecule has 1 saturated heterocycles. The maximum Gasteiger partial charge on any atom is 0.255 e. The average molecular weight is 435 g/mol. The van der Waals surface area contributed by atoms with E-state index in [2.05, 4.69) is 15.2 Å². The van der Waals surface area contributed by atoms with Crippen molar-refractivity contribution in [1.82, 2.24) is 19.7 Å². The van der Waals surface area contributed by atoms with E-state index in [9.17, 15) is 9.18 Å². The number of pyridine rings is 2. The molecular weight excluding hydrogens is 407 g/mol. The second-order valence-corrected chi connectivity index (χ2v) is 8.96. The molecule has 0 saturated carbocycles. The van der Waals surface area contributed by atoms with Gasteiger partial charge in [0.1, 0.15) is 11.5 Å². The standard InChI is InChI=1S/C24H27FN6O/c1-13(2)27-24(32)18-11-17-20(30-8-4-5-16(26)12-30)9-14(3)28-22(17)31-21-10-15(25)6-7-19(21)29-23(18)31/h6-7,9-11,13,16H,4-5,8,12,26H2,1-3H3,(H,27,32)/t16-/m1/s1. The topological polar surface area (TPSA) is 88.5 Å². The molecule has 1 aliphatic heterocycles. The number of amides is 1. The van der Waals surface area contributed by atoms with Crippen molar-refractivity contribution in [1.29, 1.82) is 0 Å². The van der Waals surface area contributed by atoms with Crippen LogP contribution in [0, 0.1) is 12.7 Å². The number of piperidine rings is 1. The maximum absolute atomic E-state index is 14.2. The van der Waals surface area contributed by atoms with Crippen LogP contribution < -0.4 is 16.0 Å². The number of benzene rings is 1.